The highest BCUT2D eigenvalue weighted by Crippen LogP contribution is 2.23. The number of hydrogen-bond acceptors (Lipinski definition) is 4. The average Bonchev–Trinajstić information content (AvgIpc) is 2.69. The van der Waals surface area contributed by atoms with Crippen LogP contribution in [0.25, 0.3) is 0 Å². The van der Waals surface area contributed by atoms with Gasteiger partial charge < -0.3 is 10.8 Å². The van der Waals surface area contributed by atoms with Crippen LogP contribution in [0.5, 0.6) is 5.75 Å². The third-order valence-corrected chi connectivity index (χ3v) is 2.81. The van der Waals surface area contributed by atoms with E-state index in [1.165, 1.54) is 11.3 Å². The molecule has 0 aliphatic heterocycles. The van der Waals surface area contributed by atoms with Crippen LogP contribution in [0.1, 0.15) is 16.6 Å². The summed E-state index contributed by atoms with van der Waals surface area (Å²) in [6.07, 6.45) is 1.72. The van der Waals surface area contributed by atoms with E-state index in [4.69, 9.17) is 5.73 Å². The molecule has 0 amide bonds. The molecule has 0 bridgehead atoms. The molecule has 2 rings (SSSR count). The predicted molar refractivity (Wildman–Crippen MR) is 56.3 cm³/mol. The minimum absolute atomic E-state index is 0.231. The fourth-order valence-electron chi connectivity index (χ4n) is 1.25. The molecule has 1 aromatic heterocycles. The summed E-state index contributed by atoms with van der Waals surface area (Å²) in [6.45, 7) is 0. The molecule has 0 spiro atoms. The van der Waals surface area contributed by atoms with Crippen LogP contribution in [-0.4, -0.2) is 10.1 Å². The van der Waals surface area contributed by atoms with Gasteiger partial charge in [-0.25, -0.2) is 4.98 Å². The van der Waals surface area contributed by atoms with Crippen molar-refractivity contribution in [1.29, 1.82) is 0 Å². The van der Waals surface area contributed by atoms with Gasteiger partial charge in [0, 0.05) is 11.6 Å². The molecule has 0 fully saturated rings. The lowest BCUT2D eigenvalue weighted by Gasteiger charge is -2.08. The summed E-state index contributed by atoms with van der Waals surface area (Å²) in [5.74, 6) is 0.231. The maximum atomic E-state index is 9.29. The third kappa shape index (κ3) is 1.76. The second-order valence-corrected chi connectivity index (χ2v) is 3.87. The summed E-state index contributed by atoms with van der Waals surface area (Å²) in [6, 6.07) is 6.69. The van der Waals surface area contributed by atoms with Crippen LogP contribution in [0.4, 0.5) is 0 Å². The molecule has 3 nitrogen and oxygen atoms in total. The molecule has 0 radical (unpaired) electrons. The maximum absolute atomic E-state index is 9.29. The topological polar surface area (TPSA) is 59.1 Å². The van der Waals surface area contributed by atoms with Crippen molar-refractivity contribution in [2.24, 2.45) is 5.73 Å². The van der Waals surface area contributed by atoms with Crippen LogP contribution in [0.15, 0.2) is 35.8 Å². The molecule has 0 aliphatic rings. The van der Waals surface area contributed by atoms with Gasteiger partial charge >= 0.3 is 0 Å². The zero-order valence-electron chi connectivity index (χ0n) is 7.42. The van der Waals surface area contributed by atoms with Gasteiger partial charge in [-0.3, -0.25) is 0 Å². The Morgan fingerprint density at radius 2 is 2.29 bits per heavy atom. The van der Waals surface area contributed by atoms with Gasteiger partial charge in [0.05, 0.1) is 6.04 Å². The third-order valence-electron chi connectivity index (χ3n) is 1.95. The highest BCUT2D eigenvalue weighted by Gasteiger charge is 2.11. The second-order valence-electron chi connectivity index (χ2n) is 2.94. The number of aromatic hydroxyl groups is 1. The largest absolute Gasteiger partial charge is 0.508 e. The van der Waals surface area contributed by atoms with Gasteiger partial charge in [-0.1, -0.05) is 12.1 Å². The Morgan fingerprint density at radius 3 is 2.93 bits per heavy atom. The van der Waals surface area contributed by atoms with E-state index in [0.717, 1.165) is 10.6 Å². The molecule has 0 saturated heterocycles. The fraction of sp³-hybridized carbons (Fsp3) is 0.100. The van der Waals surface area contributed by atoms with Gasteiger partial charge in [0.25, 0.3) is 0 Å². The number of benzene rings is 1. The number of rotatable bonds is 2. The van der Waals surface area contributed by atoms with Gasteiger partial charge in [0.2, 0.25) is 0 Å². The van der Waals surface area contributed by atoms with Gasteiger partial charge in [-0.05, 0) is 17.7 Å². The first-order chi connectivity index (χ1) is 6.77. The Hall–Kier alpha value is -1.39. The van der Waals surface area contributed by atoms with Crippen molar-refractivity contribution < 1.29 is 5.11 Å². The first kappa shape index (κ1) is 9.18. The van der Waals surface area contributed by atoms with Gasteiger partial charge in [0.15, 0.2) is 0 Å². The fourth-order valence-corrected chi connectivity index (χ4v) is 1.91. The van der Waals surface area contributed by atoms with Crippen molar-refractivity contribution in [1.82, 2.24) is 4.98 Å². The number of aromatic nitrogens is 1. The Labute approximate surface area is 85.8 Å². The van der Waals surface area contributed by atoms with E-state index in [2.05, 4.69) is 4.98 Å². The average molecular weight is 206 g/mol. The van der Waals surface area contributed by atoms with E-state index in [9.17, 15) is 5.11 Å². The molecule has 1 atom stereocenters. The van der Waals surface area contributed by atoms with E-state index in [1.807, 2.05) is 11.4 Å². The molecule has 4 heteroatoms. The summed E-state index contributed by atoms with van der Waals surface area (Å²) in [4.78, 5) is 4.13. The van der Waals surface area contributed by atoms with Gasteiger partial charge in [-0.2, -0.15) is 0 Å². The SMILES string of the molecule is NC(c1cccc(O)c1)c1nccs1. The highest BCUT2D eigenvalue weighted by molar-refractivity contribution is 7.09. The molecule has 72 valence electrons. The molecular weight excluding hydrogens is 196 g/mol. The zero-order valence-corrected chi connectivity index (χ0v) is 8.24. The summed E-state index contributed by atoms with van der Waals surface area (Å²) in [5.41, 5.74) is 6.84. The lowest BCUT2D eigenvalue weighted by Crippen LogP contribution is -2.10. The summed E-state index contributed by atoms with van der Waals surface area (Å²) in [5, 5.41) is 12.0. The smallest absolute Gasteiger partial charge is 0.115 e. The Morgan fingerprint density at radius 1 is 1.43 bits per heavy atom. The van der Waals surface area contributed by atoms with Crippen molar-refractivity contribution in [3.05, 3.63) is 46.4 Å². The number of hydrogen-bond donors (Lipinski definition) is 2. The van der Waals surface area contributed by atoms with Gasteiger partial charge in [0.1, 0.15) is 10.8 Å². The number of nitrogens with zero attached hydrogens (tertiary/aromatic N) is 1. The standard InChI is InChI=1S/C10H10N2OS/c11-9(10-12-4-5-14-10)7-2-1-3-8(13)6-7/h1-6,9,13H,11H2. The van der Waals surface area contributed by atoms with Crippen molar-refractivity contribution in [2.45, 2.75) is 6.04 Å². The number of nitrogens with two attached hydrogens (primary N) is 1. The molecule has 2 aromatic rings. The van der Waals surface area contributed by atoms with Crippen LogP contribution < -0.4 is 5.73 Å². The van der Waals surface area contributed by atoms with Crippen molar-refractivity contribution >= 4 is 11.3 Å². The highest BCUT2D eigenvalue weighted by atomic mass is 32.1. The Bertz CT molecular complexity index is 414. The molecule has 3 N–H and O–H groups in total. The summed E-state index contributed by atoms with van der Waals surface area (Å²) in [7, 11) is 0. The van der Waals surface area contributed by atoms with E-state index in [0.29, 0.717) is 0 Å². The summed E-state index contributed by atoms with van der Waals surface area (Å²) < 4.78 is 0. The molecule has 1 unspecified atom stereocenters. The van der Waals surface area contributed by atoms with Crippen molar-refractivity contribution in [2.75, 3.05) is 0 Å². The van der Waals surface area contributed by atoms with Crippen LogP contribution in [-0.2, 0) is 0 Å². The lowest BCUT2D eigenvalue weighted by atomic mass is 10.1. The number of phenols is 1. The molecule has 1 aromatic carbocycles. The Balaban J connectivity index is 2.32. The molecule has 1 heterocycles. The van der Waals surface area contributed by atoms with Crippen LogP contribution in [0.3, 0.4) is 0 Å². The van der Waals surface area contributed by atoms with Crippen LogP contribution in [0.2, 0.25) is 0 Å². The first-order valence-electron chi connectivity index (χ1n) is 4.21. The molecule has 0 saturated carbocycles. The van der Waals surface area contributed by atoms with Crippen LogP contribution in [0, 0.1) is 0 Å². The monoisotopic (exact) mass is 206 g/mol. The van der Waals surface area contributed by atoms with Crippen LogP contribution >= 0.6 is 11.3 Å². The van der Waals surface area contributed by atoms with Crippen molar-refractivity contribution in [3.8, 4) is 5.75 Å². The quantitative estimate of drug-likeness (QED) is 0.789. The van der Waals surface area contributed by atoms with E-state index >= 15 is 0 Å². The van der Waals surface area contributed by atoms with Gasteiger partial charge in [-0.15, -0.1) is 11.3 Å². The number of phenolic OH excluding ortho intramolecular Hbond substituents is 1. The summed E-state index contributed by atoms with van der Waals surface area (Å²) >= 11 is 1.51. The van der Waals surface area contributed by atoms with E-state index in [1.54, 1.807) is 24.4 Å². The van der Waals surface area contributed by atoms with E-state index in [-0.39, 0.29) is 11.8 Å². The molecular formula is C10H10N2OS. The van der Waals surface area contributed by atoms with Crippen molar-refractivity contribution in [3.63, 3.8) is 0 Å². The second kappa shape index (κ2) is 3.77. The van der Waals surface area contributed by atoms with E-state index < -0.39 is 0 Å². The first-order valence-corrected chi connectivity index (χ1v) is 5.09. The molecule has 14 heavy (non-hydrogen) atoms. The zero-order chi connectivity index (χ0) is 9.97. The normalized spacial score (nSPS) is 12.6. The number of thiazole rings is 1. The molecule has 0 aliphatic carbocycles. The maximum Gasteiger partial charge on any atom is 0.115 e. The lowest BCUT2D eigenvalue weighted by molar-refractivity contribution is 0.474. The minimum Gasteiger partial charge on any atom is -0.508 e. The Kier molecular flexibility index (Phi) is 2.47. The predicted octanol–water partition coefficient (Wildman–Crippen LogP) is 1.90. The minimum atomic E-state index is -0.248.